The average Bonchev–Trinajstić information content (AvgIpc) is 2.90. The first-order chi connectivity index (χ1) is 19.7. The van der Waals surface area contributed by atoms with E-state index in [1.807, 2.05) is 70.2 Å². The average molecular weight is 561 g/mol. The summed E-state index contributed by atoms with van der Waals surface area (Å²) >= 11 is 0. The number of carbonyl (C=O) groups excluding carboxylic acids is 4. The number of hydrogen-bond donors (Lipinski definition) is 1. The molecule has 3 unspecified atom stereocenters. The third-order valence-corrected chi connectivity index (χ3v) is 10.7. The molecule has 5 nitrogen and oxygen atoms in total. The van der Waals surface area contributed by atoms with Crippen molar-refractivity contribution in [3.05, 3.63) is 93.3 Å². The Morgan fingerprint density at radius 1 is 0.810 bits per heavy atom. The van der Waals surface area contributed by atoms with Crippen LogP contribution in [-0.2, 0) is 16.0 Å². The van der Waals surface area contributed by atoms with Crippen molar-refractivity contribution in [1.82, 2.24) is 0 Å². The van der Waals surface area contributed by atoms with Crippen LogP contribution < -0.4 is 0 Å². The quantitative estimate of drug-likeness (QED) is 0.260. The summed E-state index contributed by atoms with van der Waals surface area (Å²) in [5, 5.41) is 12.8. The Kier molecular flexibility index (Phi) is 5.96. The van der Waals surface area contributed by atoms with Gasteiger partial charge in [-0.15, -0.1) is 0 Å². The Labute approximate surface area is 246 Å². The summed E-state index contributed by atoms with van der Waals surface area (Å²) in [6, 6.07) is 15.8. The van der Waals surface area contributed by atoms with E-state index in [0.29, 0.717) is 35.1 Å². The molecule has 0 heterocycles. The van der Waals surface area contributed by atoms with E-state index in [9.17, 15) is 24.3 Å². The standard InChI is InChI=1S/C37H36O5/c1-19-12-13-27(26-15-14-23(21(3)38)24-10-8-9-11-25(24)26)28-16-35(5)18-36(6)17-29(40)31(22(4)39)34(42)37(36,7)20(2)32(35)33(41)30(19)28/h8-15,40H,16-18H2,1-7H3. The van der Waals surface area contributed by atoms with Gasteiger partial charge in [0.25, 0.3) is 0 Å². The van der Waals surface area contributed by atoms with Crippen molar-refractivity contribution in [2.24, 2.45) is 16.2 Å². The highest BCUT2D eigenvalue weighted by Crippen LogP contribution is 2.66. The van der Waals surface area contributed by atoms with Crippen molar-refractivity contribution < 1.29 is 24.3 Å². The summed E-state index contributed by atoms with van der Waals surface area (Å²) in [4.78, 5) is 53.5. The van der Waals surface area contributed by atoms with Crippen molar-refractivity contribution >= 4 is 33.9 Å². The lowest BCUT2D eigenvalue weighted by Crippen LogP contribution is -2.57. The smallest absolute Gasteiger partial charge is 0.190 e. The van der Waals surface area contributed by atoms with Gasteiger partial charge in [-0.2, -0.15) is 0 Å². The molecule has 214 valence electrons. The van der Waals surface area contributed by atoms with Gasteiger partial charge in [0.1, 0.15) is 5.76 Å². The van der Waals surface area contributed by atoms with E-state index >= 15 is 0 Å². The first-order valence-corrected chi connectivity index (χ1v) is 14.6. The molecule has 0 aromatic heterocycles. The lowest BCUT2D eigenvalue weighted by molar-refractivity contribution is -0.135. The van der Waals surface area contributed by atoms with Crippen LogP contribution in [0.3, 0.4) is 0 Å². The van der Waals surface area contributed by atoms with Crippen molar-refractivity contribution in [3.63, 3.8) is 0 Å². The molecule has 42 heavy (non-hydrogen) atoms. The molecule has 3 aromatic carbocycles. The zero-order chi connectivity index (χ0) is 30.5. The largest absolute Gasteiger partial charge is 0.511 e. The molecule has 0 amide bonds. The van der Waals surface area contributed by atoms with Gasteiger partial charge in [-0.25, -0.2) is 0 Å². The molecule has 3 aliphatic carbocycles. The van der Waals surface area contributed by atoms with Gasteiger partial charge in [-0.3, -0.25) is 19.2 Å². The molecule has 0 aliphatic heterocycles. The van der Waals surface area contributed by atoms with E-state index in [4.69, 9.17) is 0 Å². The number of fused-ring (bicyclic) bond motifs is 4. The summed E-state index contributed by atoms with van der Waals surface area (Å²) in [7, 11) is 0. The number of carbonyl (C=O) groups is 4. The Bertz CT molecular complexity index is 1870. The van der Waals surface area contributed by atoms with Crippen molar-refractivity contribution in [3.8, 4) is 11.1 Å². The van der Waals surface area contributed by atoms with E-state index in [0.717, 1.165) is 33.0 Å². The maximum atomic E-state index is 14.6. The molecule has 0 fully saturated rings. The molecule has 0 radical (unpaired) electrons. The summed E-state index contributed by atoms with van der Waals surface area (Å²) in [6.45, 7) is 12.7. The van der Waals surface area contributed by atoms with Crippen LogP contribution in [0.1, 0.15) is 86.2 Å². The highest BCUT2D eigenvalue weighted by molar-refractivity contribution is 6.24. The molecule has 3 atom stereocenters. The first-order valence-electron chi connectivity index (χ1n) is 14.6. The molecule has 3 aromatic rings. The molecule has 0 bridgehead atoms. The van der Waals surface area contributed by atoms with Gasteiger partial charge >= 0.3 is 0 Å². The molecule has 6 rings (SSSR count). The van der Waals surface area contributed by atoms with Gasteiger partial charge in [0.05, 0.1) is 11.0 Å². The zero-order valence-electron chi connectivity index (χ0n) is 25.3. The second-order valence-electron chi connectivity index (χ2n) is 13.4. The number of aliphatic hydroxyl groups is 1. The van der Waals surface area contributed by atoms with Gasteiger partial charge in [0.15, 0.2) is 23.1 Å². The van der Waals surface area contributed by atoms with Crippen LogP contribution in [0.25, 0.3) is 21.9 Å². The van der Waals surface area contributed by atoms with Crippen LogP contribution in [0.15, 0.2) is 71.0 Å². The Hall–Kier alpha value is -4.12. The number of allylic oxidation sites excluding steroid dienone is 4. The van der Waals surface area contributed by atoms with E-state index in [1.165, 1.54) is 6.92 Å². The lowest BCUT2D eigenvalue weighted by atomic mass is 9.43. The maximum Gasteiger partial charge on any atom is 0.190 e. The predicted octanol–water partition coefficient (Wildman–Crippen LogP) is 7.87. The SMILES string of the molecule is CC(=O)C1=C(O)CC2(C)CC3(C)Cc4c(-c5ccc(C(C)=O)c6ccccc56)ccc(C)c4C(=O)C3=C(C)C2(C)C1=O. The molecule has 0 spiro atoms. The van der Waals surface area contributed by atoms with Gasteiger partial charge < -0.3 is 5.11 Å². The molecule has 0 saturated carbocycles. The molecule has 3 aliphatic rings. The van der Waals surface area contributed by atoms with Crippen LogP contribution >= 0.6 is 0 Å². The summed E-state index contributed by atoms with van der Waals surface area (Å²) in [6.07, 6.45) is 1.29. The molecular formula is C37H36O5. The maximum absolute atomic E-state index is 14.6. The van der Waals surface area contributed by atoms with Crippen LogP contribution in [0.4, 0.5) is 0 Å². The van der Waals surface area contributed by atoms with E-state index in [2.05, 4.69) is 13.0 Å². The second kappa shape index (κ2) is 8.94. The minimum atomic E-state index is -1.09. The van der Waals surface area contributed by atoms with E-state index in [-0.39, 0.29) is 29.3 Å². The number of ketones is 4. The second-order valence-corrected chi connectivity index (χ2v) is 13.4. The van der Waals surface area contributed by atoms with Crippen LogP contribution in [0.2, 0.25) is 0 Å². The fraction of sp³-hybridized carbons (Fsp3) is 0.351. The summed E-state index contributed by atoms with van der Waals surface area (Å²) < 4.78 is 0. The van der Waals surface area contributed by atoms with Crippen LogP contribution in [-0.4, -0.2) is 28.2 Å². The lowest BCUT2D eigenvalue weighted by Gasteiger charge is -2.58. The van der Waals surface area contributed by atoms with Gasteiger partial charge in [-0.1, -0.05) is 68.0 Å². The number of Topliss-reactive ketones (excluding diaryl/α,β-unsaturated/α-hetero) is 4. The van der Waals surface area contributed by atoms with Crippen LogP contribution in [0, 0.1) is 23.2 Å². The van der Waals surface area contributed by atoms with Gasteiger partial charge in [0.2, 0.25) is 0 Å². The third-order valence-electron chi connectivity index (χ3n) is 10.7. The fourth-order valence-electron chi connectivity index (χ4n) is 8.64. The van der Waals surface area contributed by atoms with Crippen molar-refractivity contribution in [2.75, 3.05) is 0 Å². The highest BCUT2D eigenvalue weighted by atomic mass is 16.3. The minimum Gasteiger partial charge on any atom is -0.511 e. The predicted molar refractivity (Wildman–Crippen MR) is 164 cm³/mol. The fourth-order valence-corrected chi connectivity index (χ4v) is 8.64. The number of rotatable bonds is 3. The van der Waals surface area contributed by atoms with E-state index < -0.39 is 27.8 Å². The molecule has 0 saturated heterocycles. The first kappa shape index (κ1) is 28.0. The Morgan fingerprint density at radius 3 is 2.10 bits per heavy atom. The summed E-state index contributed by atoms with van der Waals surface area (Å²) in [5.74, 6) is -1.06. The monoisotopic (exact) mass is 560 g/mol. The van der Waals surface area contributed by atoms with Gasteiger partial charge in [-0.05, 0) is 85.9 Å². The van der Waals surface area contributed by atoms with Crippen molar-refractivity contribution in [2.45, 2.75) is 67.7 Å². The normalized spacial score (nSPS) is 27.1. The number of hydrogen-bond acceptors (Lipinski definition) is 5. The molecular weight excluding hydrogens is 524 g/mol. The van der Waals surface area contributed by atoms with Gasteiger partial charge in [0, 0.05) is 28.5 Å². The molecule has 5 heteroatoms. The minimum absolute atomic E-state index is 0.00221. The third kappa shape index (κ3) is 3.49. The number of aryl methyl sites for hydroxylation is 1. The number of benzene rings is 3. The number of aliphatic hydroxyl groups excluding tert-OH is 1. The highest BCUT2D eigenvalue weighted by Gasteiger charge is 2.64. The molecule has 1 N–H and O–H groups in total. The van der Waals surface area contributed by atoms with E-state index in [1.54, 1.807) is 6.92 Å². The topological polar surface area (TPSA) is 88.5 Å². The Morgan fingerprint density at radius 2 is 1.45 bits per heavy atom. The summed E-state index contributed by atoms with van der Waals surface area (Å²) in [5.41, 5.74) is 3.97. The van der Waals surface area contributed by atoms with Crippen molar-refractivity contribution in [1.29, 1.82) is 0 Å². The zero-order valence-corrected chi connectivity index (χ0v) is 25.3. The Balaban J connectivity index is 1.61. The van der Waals surface area contributed by atoms with Crippen LogP contribution in [0.5, 0.6) is 0 Å².